The van der Waals surface area contributed by atoms with Gasteiger partial charge < -0.3 is 26.6 Å². The Morgan fingerprint density at radius 2 is 1.51 bits per heavy atom. The largest absolute Gasteiger partial charge is 0.368 e. The van der Waals surface area contributed by atoms with Crippen LogP contribution in [0, 0.1) is 11.8 Å². The van der Waals surface area contributed by atoms with E-state index in [9.17, 15) is 19.2 Å². The Morgan fingerprint density at radius 3 is 1.98 bits per heavy atom. The van der Waals surface area contributed by atoms with Crippen LogP contribution in [0.5, 0.6) is 0 Å². The number of likely N-dealkylation sites (tertiary alicyclic amines) is 1. The number of amides is 4. The predicted octanol–water partition coefficient (Wildman–Crippen LogP) is 3.09. The van der Waals surface area contributed by atoms with E-state index in [-0.39, 0.29) is 36.2 Å². The van der Waals surface area contributed by atoms with Crippen LogP contribution in [0.2, 0.25) is 0 Å². The van der Waals surface area contributed by atoms with Crippen LogP contribution in [0.3, 0.4) is 0 Å². The first kappa shape index (κ1) is 34.3. The van der Waals surface area contributed by atoms with Crippen LogP contribution < -0.4 is 21.7 Å². The highest BCUT2D eigenvalue weighted by Gasteiger charge is 2.43. The SMILES string of the molecule is CC(C)C(=O)NC1CC(C(N)=O)N(C(=O)C(NC=O)C2CCCCC2)C1.CNC(C)C.c1ccc2c(c1)CCCC2. The smallest absolute Gasteiger partial charge is 0.246 e. The normalized spacial score (nSPS) is 21.0. The van der Waals surface area contributed by atoms with Crippen molar-refractivity contribution in [2.75, 3.05) is 13.6 Å². The molecule has 9 nitrogen and oxygen atoms in total. The van der Waals surface area contributed by atoms with Crippen molar-refractivity contribution in [2.24, 2.45) is 17.6 Å². The van der Waals surface area contributed by atoms with E-state index in [4.69, 9.17) is 5.73 Å². The molecule has 9 heteroatoms. The molecule has 1 aliphatic heterocycles. The number of fused-ring (bicyclic) bond motifs is 1. The first-order chi connectivity index (χ1) is 19.6. The van der Waals surface area contributed by atoms with E-state index in [1.807, 2.05) is 7.05 Å². The maximum atomic E-state index is 13.1. The van der Waals surface area contributed by atoms with Gasteiger partial charge in [-0.1, -0.05) is 71.2 Å². The van der Waals surface area contributed by atoms with Crippen molar-refractivity contribution in [1.82, 2.24) is 20.9 Å². The third kappa shape index (κ3) is 11.1. The molecular formula is C32H53N5O4. The van der Waals surface area contributed by atoms with Gasteiger partial charge in [0.15, 0.2) is 0 Å². The predicted molar refractivity (Wildman–Crippen MR) is 163 cm³/mol. The van der Waals surface area contributed by atoms with E-state index in [2.05, 4.69) is 54.1 Å². The van der Waals surface area contributed by atoms with Crippen LogP contribution in [0.1, 0.15) is 90.2 Å². The Labute approximate surface area is 246 Å². The summed E-state index contributed by atoms with van der Waals surface area (Å²) < 4.78 is 0. The molecule has 5 N–H and O–H groups in total. The van der Waals surface area contributed by atoms with E-state index in [1.165, 1.54) is 30.6 Å². The molecule has 4 rings (SSSR count). The van der Waals surface area contributed by atoms with Crippen LogP contribution in [-0.2, 0) is 32.0 Å². The van der Waals surface area contributed by atoms with Gasteiger partial charge in [-0.2, -0.15) is 0 Å². The van der Waals surface area contributed by atoms with E-state index >= 15 is 0 Å². The lowest BCUT2D eigenvalue weighted by Gasteiger charge is -2.33. The molecule has 1 heterocycles. The van der Waals surface area contributed by atoms with Crippen molar-refractivity contribution in [3.8, 4) is 0 Å². The Bertz CT molecular complexity index is 952. The van der Waals surface area contributed by atoms with Crippen molar-refractivity contribution >= 4 is 24.1 Å². The fraction of sp³-hybridized carbons (Fsp3) is 0.688. The zero-order valence-electron chi connectivity index (χ0n) is 25.8. The van der Waals surface area contributed by atoms with Gasteiger partial charge in [-0.15, -0.1) is 0 Å². The number of aryl methyl sites for hydroxylation is 2. The molecule has 3 unspecified atom stereocenters. The van der Waals surface area contributed by atoms with Crippen LogP contribution >= 0.6 is 0 Å². The van der Waals surface area contributed by atoms with Crippen molar-refractivity contribution < 1.29 is 19.2 Å². The summed E-state index contributed by atoms with van der Waals surface area (Å²) in [4.78, 5) is 49.4. The molecule has 1 aromatic carbocycles. The Balaban J connectivity index is 0.000000317. The van der Waals surface area contributed by atoms with E-state index in [1.54, 1.807) is 25.0 Å². The molecule has 1 saturated heterocycles. The van der Waals surface area contributed by atoms with Crippen molar-refractivity contribution in [2.45, 2.75) is 116 Å². The van der Waals surface area contributed by atoms with Gasteiger partial charge in [0.2, 0.25) is 24.1 Å². The van der Waals surface area contributed by atoms with Gasteiger partial charge in [-0.25, -0.2) is 0 Å². The average molecular weight is 572 g/mol. The number of primary amides is 1. The molecule has 2 aliphatic carbocycles. The fourth-order valence-electron chi connectivity index (χ4n) is 5.63. The summed E-state index contributed by atoms with van der Waals surface area (Å²) in [6.07, 6.45) is 11.2. The van der Waals surface area contributed by atoms with Crippen LogP contribution in [0.15, 0.2) is 24.3 Å². The summed E-state index contributed by atoms with van der Waals surface area (Å²) in [7, 11) is 1.95. The highest BCUT2D eigenvalue weighted by atomic mass is 16.2. The molecule has 0 bridgehead atoms. The highest BCUT2D eigenvalue weighted by Crippen LogP contribution is 2.29. The summed E-state index contributed by atoms with van der Waals surface area (Å²) in [5, 5.41) is 8.55. The molecule has 1 saturated carbocycles. The lowest BCUT2D eigenvalue weighted by molar-refractivity contribution is -0.141. The van der Waals surface area contributed by atoms with Gasteiger partial charge >= 0.3 is 0 Å². The quantitative estimate of drug-likeness (QED) is 0.356. The van der Waals surface area contributed by atoms with Gasteiger partial charge in [0.05, 0.1) is 0 Å². The molecule has 0 radical (unpaired) electrons. The zero-order valence-corrected chi connectivity index (χ0v) is 25.8. The second kappa shape index (κ2) is 17.8. The maximum absolute atomic E-state index is 13.1. The van der Waals surface area contributed by atoms with E-state index < -0.39 is 18.0 Å². The molecule has 0 spiro atoms. The summed E-state index contributed by atoms with van der Waals surface area (Å²) in [5.74, 6) is -1.11. The number of hydrogen-bond donors (Lipinski definition) is 4. The van der Waals surface area contributed by atoms with Crippen LogP contribution in [0.25, 0.3) is 0 Å². The first-order valence-electron chi connectivity index (χ1n) is 15.4. The topological polar surface area (TPSA) is 134 Å². The highest BCUT2D eigenvalue weighted by molar-refractivity contribution is 5.91. The van der Waals surface area contributed by atoms with Gasteiger partial charge in [0.25, 0.3) is 0 Å². The molecule has 1 aromatic rings. The average Bonchev–Trinajstić information content (AvgIpc) is 3.41. The molecule has 0 aromatic heterocycles. The number of carbonyl (C=O) groups excluding carboxylic acids is 4. The number of nitrogens with zero attached hydrogens (tertiary/aromatic N) is 1. The molecular weight excluding hydrogens is 518 g/mol. The third-order valence-electron chi connectivity index (χ3n) is 8.26. The molecule has 2 fully saturated rings. The van der Waals surface area contributed by atoms with Gasteiger partial charge in [-0.05, 0) is 69.0 Å². The minimum Gasteiger partial charge on any atom is -0.368 e. The third-order valence-corrected chi connectivity index (χ3v) is 8.26. The lowest BCUT2D eigenvalue weighted by Crippen LogP contribution is -2.54. The van der Waals surface area contributed by atoms with Crippen molar-refractivity contribution in [1.29, 1.82) is 0 Å². The van der Waals surface area contributed by atoms with E-state index in [0.29, 0.717) is 18.9 Å². The van der Waals surface area contributed by atoms with Gasteiger partial charge in [0.1, 0.15) is 12.1 Å². The maximum Gasteiger partial charge on any atom is 0.246 e. The second-order valence-electron chi connectivity index (χ2n) is 12.1. The minimum absolute atomic E-state index is 0.0688. The number of benzene rings is 1. The molecule has 4 amide bonds. The monoisotopic (exact) mass is 571 g/mol. The van der Waals surface area contributed by atoms with Crippen LogP contribution in [-0.4, -0.2) is 66.8 Å². The van der Waals surface area contributed by atoms with E-state index in [0.717, 1.165) is 32.1 Å². The van der Waals surface area contributed by atoms with Crippen molar-refractivity contribution in [3.05, 3.63) is 35.4 Å². The molecule has 3 atom stereocenters. The minimum atomic E-state index is -0.764. The van der Waals surface area contributed by atoms with Crippen LogP contribution in [0.4, 0.5) is 0 Å². The zero-order chi connectivity index (χ0) is 30.4. The summed E-state index contributed by atoms with van der Waals surface area (Å²) >= 11 is 0. The lowest BCUT2D eigenvalue weighted by atomic mass is 9.83. The summed E-state index contributed by atoms with van der Waals surface area (Å²) in [6, 6.07) is 7.72. The van der Waals surface area contributed by atoms with Crippen molar-refractivity contribution in [3.63, 3.8) is 0 Å². The molecule has 230 valence electrons. The number of carbonyl (C=O) groups is 4. The fourth-order valence-corrected chi connectivity index (χ4v) is 5.63. The first-order valence-corrected chi connectivity index (χ1v) is 15.4. The Morgan fingerprint density at radius 1 is 0.951 bits per heavy atom. The second-order valence-corrected chi connectivity index (χ2v) is 12.1. The molecule has 3 aliphatic rings. The standard InChI is InChI=1S/C18H30N4O4.C10H12.C4H11N/c1-11(2)17(25)21-13-8-14(16(19)24)22(9-13)18(26)15(20-10-23)12-6-4-3-5-7-12;1-2-6-10-8-4-3-7-9(10)5-1;1-4(2)5-3/h10-15H,3-9H2,1-2H3,(H2,19,24)(H,20,23)(H,21,25);1-2,5-6H,3-4,7-8H2;4-5H,1-3H3. The number of hydrogen-bond acceptors (Lipinski definition) is 5. The number of nitrogens with two attached hydrogens (primary N) is 1. The number of nitrogens with one attached hydrogen (secondary N) is 3. The Kier molecular flexibility index (Phi) is 14.9. The summed E-state index contributed by atoms with van der Waals surface area (Å²) in [6.45, 7) is 8.02. The molecule has 41 heavy (non-hydrogen) atoms. The number of rotatable bonds is 8. The summed E-state index contributed by atoms with van der Waals surface area (Å²) in [5.41, 5.74) is 8.65. The van der Waals surface area contributed by atoms with Gasteiger partial charge in [0, 0.05) is 24.5 Å². The Hall–Kier alpha value is -2.94. The van der Waals surface area contributed by atoms with Gasteiger partial charge in [-0.3, -0.25) is 19.2 Å².